The first-order valence-corrected chi connectivity index (χ1v) is 10.7. The fourth-order valence-electron chi connectivity index (χ4n) is 3.36. The summed E-state index contributed by atoms with van der Waals surface area (Å²) in [5, 5.41) is 10.5. The molecule has 4 heteroatoms. The van der Waals surface area contributed by atoms with Crippen LogP contribution in [0.5, 0.6) is 5.88 Å². The maximum atomic E-state index is 12.0. The zero-order chi connectivity index (χ0) is 22.8. The number of methoxy groups -OCH3 is 1. The van der Waals surface area contributed by atoms with Gasteiger partial charge in [0.15, 0.2) is 11.3 Å². The molecule has 0 spiro atoms. The van der Waals surface area contributed by atoms with E-state index in [-0.39, 0.29) is 11.3 Å². The molecule has 2 N–H and O–H groups in total. The molecule has 1 heterocycles. The molecule has 0 saturated carbocycles. The Bertz CT molecular complexity index is 869. The number of nitrogens with one attached hydrogen (secondary N) is 1. The molecule has 0 fully saturated rings. The summed E-state index contributed by atoms with van der Waals surface area (Å²) in [5.74, 6) is 0.987. The molecule has 1 aromatic heterocycles. The standard InChI is InChI=1S/C26H39NO3/c1-17(2)14-20(5)26(29)21(6)15-19(4)11-9-10-18(3)12-13-23-22(7)24(28)16-25(27-23)30-8/h9,11-12,14-17,21,26,29H,10,13H2,1-8H3,(H,27,28)/b11-9+,18-12+,19-15+,20-14+/t21-,26+/m1/s1. The highest BCUT2D eigenvalue weighted by Gasteiger charge is 2.13. The van der Waals surface area contributed by atoms with Crippen LogP contribution in [0.4, 0.5) is 0 Å². The van der Waals surface area contributed by atoms with Crippen molar-refractivity contribution in [3.05, 3.63) is 74.6 Å². The fourth-order valence-corrected chi connectivity index (χ4v) is 3.36. The van der Waals surface area contributed by atoms with Gasteiger partial charge in [0.1, 0.15) is 0 Å². The van der Waals surface area contributed by atoms with Crippen molar-refractivity contribution >= 4 is 0 Å². The molecule has 0 aliphatic carbocycles. The summed E-state index contributed by atoms with van der Waals surface area (Å²) in [5.41, 5.74) is 4.98. The SMILES string of the molecule is COc1cc(=O)c(C)c(C/C=C(\C)C/C=C/C(C)=C/[C@@H](C)[C@@H](O)/C(C)=C/C(C)C)[nH]1. The Morgan fingerprint density at radius 2 is 1.87 bits per heavy atom. The number of hydrogen-bond donors (Lipinski definition) is 2. The quantitative estimate of drug-likeness (QED) is 0.383. The zero-order valence-corrected chi connectivity index (χ0v) is 19.9. The van der Waals surface area contributed by atoms with E-state index in [1.165, 1.54) is 11.6 Å². The summed E-state index contributed by atoms with van der Waals surface area (Å²) >= 11 is 0. The Hall–Kier alpha value is -2.33. The molecule has 0 saturated heterocycles. The summed E-state index contributed by atoms with van der Waals surface area (Å²) in [6.45, 7) is 14.3. The van der Waals surface area contributed by atoms with Gasteiger partial charge in [-0.25, -0.2) is 0 Å². The minimum absolute atomic E-state index is 0.0119. The second kappa shape index (κ2) is 12.4. The van der Waals surface area contributed by atoms with Crippen molar-refractivity contribution in [2.45, 2.75) is 67.4 Å². The largest absolute Gasteiger partial charge is 0.482 e. The molecular formula is C26H39NO3. The van der Waals surface area contributed by atoms with Crippen molar-refractivity contribution in [3.63, 3.8) is 0 Å². The Labute approximate surface area is 182 Å². The number of hydrogen-bond acceptors (Lipinski definition) is 3. The predicted molar refractivity (Wildman–Crippen MR) is 127 cm³/mol. The fraction of sp³-hybridized carbons (Fsp3) is 0.500. The minimum Gasteiger partial charge on any atom is -0.482 e. The molecular weight excluding hydrogens is 374 g/mol. The molecule has 0 aliphatic rings. The number of aliphatic hydroxyl groups is 1. The van der Waals surface area contributed by atoms with Crippen molar-refractivity contribution in [3.8, 4) is 5.88 Å². The van der Waals surface area contributed by atoms with E-state index < -0.39 is 6.10 Å². The van der Waals surface area contributed by atoms with Gasteiger partial charge >= 0.3 is 0 Å². The van der Waals surface area contributed by atoms with Crippen molar-refractivity contribution in [2.24, 2.45) is 11.8 Å². The highest BCUT2D eigenvalue weighted by Crippen LogP contribution is 2.18. The van der Waals surface area contributed by atoms with Gasteiger partial charge in [-0.05, 0) is 45.6 Å². The average molecular weight is 414 g/mol. The topological polar surface area (TPSA) is 62.3 Å². The molecule has 30 heavy (non-hydrogen) atoms. The lowest BCUT2D eigenvalue weighted by molar-refractivity contribution is 0.172. The third-order valence-corrected chi connectivity index (χ3v) is 5.14. The van der Waals surface area contributed by atoms with E-state index in [0.29, 0.717) is 18.2 Å². The molecule has 0 radical (unpaired) electrons. The highest BCUT2D eigenvalue weighted by molar-refractivity contribution is 5.27. The Kier molecular flexibility index (Phi) is 10.6. The molecule has 0 amide bonds. The van der Waals surface area contributed by atoms with E-state index >= 15 is 0 Å². The van der Waals surface area contributed by atoms with Crippen LogP contribution in [0.3, 0.4) is 0 Å². The Morgan fingerprint density at radius 3 is 2.47 bits per heavy atom. The molecule has 0 aromatic carbocycles. The van der Waals surface area contributed by atoms with Crippen LogP contribution in [0, 0.1) is 18.8 Å². The maximum absolute atomic E-state index is 12.0. The molecule has 0 bridgehead atoms. The minimum atomic E-state index is -0.453. The van der Waals surface area contributed by atoms with E-state index in [4.69, 9.17) is 4.74 Å². The van der Waals surface area contributed by atoms with Gasteiger partial charge in [0.2, 0.25) is 0 Å². The highest BCUT2D eigenvalue weighted by atomic mass is 16.5. The van der Waals surface area contributed by atoms with Gasteiger partial charge in [0, 0.05) is 29.7 Å². The number of ether oxygens (including phenoxy) is 1. The summed E-state index contributed by atoms with van der Waals surface area (Å²) in [4.78, 5) is 15.1. The maximum Gasteiger partial charge on any atom is 0.194 e. The first-order valence-electron chi connectivity index (χ1n) is 10.7. The zero-order valence-electron chi connectivity index (χ0n) is 19.9. The van der Waals surface area contributed by atoms with Gasteiger partial charge in [0.05, 0.1) is 13.2 Å². The lowest BCUT2D eigenvalue weighted by Crippen LogP contribution is -2.17. The number of aromatic nitrogens is 1. The van der Waals surface area contributed by atoms with Crippen LogP contribution in [-0.2, 0) is 6.42 Å². The smallest absolute Gasteiger partial charge is 0.194 e. The molecule has 0 unspecified atom stereocenters. The number of rotatable bonds is 10. The summed E-state index contributed by atoms with van der Waals surface area (Å²) in [7, 11) is 1.55. The first-order chi connectivity index (χ1) is 14.0. The third-order valence-electron chi connectivity index (χ3n) is 5.14. The average Bonchev–Trinajstić information content (AvgIpc) is 2.67. The van der Waals surface area contributed by atoms with Crippen LogP contribution in [0.1, 0.15) is 59.2 Å². The van der Waals surface area contributed by atoms with Crippen LogP contribution >= 0.6 is 0 Å². The van der Waals surface area contributed by atoms with Crippen molar-refractivity contribution in [2.75, 3.05) is 7.11 Å². The first kappa shape index (κ1) is 25.7. The van der Waals surface area contributed by atoms with Crippen LogP contribution in [-0.4, -0.2) is 23.3 Å². The second-order valence-corrected chi connectivity index (χ2v) is 8.54. The van der Waals surface area contributed by atoms with E-state index in [1.807, 2.05) is 20.8 Å². The number of aliphatic hydroxyl groups excluding tert-OH is 1. The number of pyridine rings is 1. The summed E-state index contributed by atoms with van der Waals surface area (Å²) < 4.78 is 5.16. The molecule has 4 nitrogen and oxygen atoms in total. The van der Waals surface area contributed by atoms with Crippen LogP contribution in [0.15, 0.2) is 58.0 Å². The van der Waals surface area contributed by atoms with Gasteiger partial charge in [0.25, 0.3) is 0 Å². The molecule has 0 aliphatic heterocycles. The van der Waals surface area contributed by atoms with Crippen LogP contribution in [0.25, 0.3) is 0 Å². The van der Waals surface area contributed by atoms with E-state index in [1.54, 1.807) is 7.11 Å². The summed E-state index contributed by atoms with van der Waals surface area (Å²) in [6.07, 6.45) is 11.6. The third kappa shape index (κ3) is 8.58. The summed E-state index contributed by atoms with van der Waals surface area (Å²) in [6, 6.07) is 1.48. The molecule has 1 aromatic rings. The van der Waals surface area contributed by atoms with Gasteiger partial charge in [-0.2, -0.15) is 0 Å². The normalized spacial score (nSPS) is 15.7. The number of aromatic amines is 1. The molecule has 2 atom stereocenters. The van der Waals surface area contributed by atoms with E-state index in [2.05, 4.69) is 63.1 Å². The van der Waals surface area contributed by atoms with Gasteiger partial charge in [-0.15, -0.1) is 0 Å². The lowest BCUT2D eigenvalue weighted by atomic mass is 9.94. The van der Waals surface area contributed by atoms with Crippen molar-refractivity contribution in [1.82, 2.24) is 4.98 Å². The van der Waals surface area contributed by atoms with Gasteiger partial charge in [-0.3, -0.25) is 4.79 Å². The van der Waals surface area contributed by atoms with Crippen molar-refractivity contribution < 1.29 is 9.84 Å². The number of H-pyrrole nitrogens is 1. The lowest BCUT2D eigenvalue weighted by Gasteiger charge is -2.18. The second-order valence-electron chi connectivity index (χ2n) is 8.54. The van der Waals surface area contributed by atoms with Gasteiger partial charge in [-0.1, -0.05) is 62.3 Å². The van der Waals surface area contributed by atoms with Gasteiger partial charge < -0.3 is 14.8 Å². The predicted octanol–water partition coefficient (Wildman–Crippen LogP) is 5.67. The Balaban J connectivity index is 2.71. The van der Waals surface area contributed by atoms with Crippen LogP contribution < -0.4 is 10.2 Å². The van der Waals surface area contributed by atoms with Crippen molar-refractivity contribution in [1.29, 1.82) is 0 Å². The van der Waals surface area contributed by atoms with Crippen LogP contribution in [0.2, 0.25) is 0 Å². The van der Waals surface area contributed by atoms with E-state index in [0.717, 1.165) is 28.8 Å². The number of allylic oxidation sites excluding steroid dienone is 6. The monoisotopic (exact) mass is 413 g/mol. The Morgan fingerprint density at radius 1 is 1.20 bits per heavy atom. The molecule has 166 valence electrons. The molecule has 1 rings (SSSR count). The van der Waals surface area contributed by atoms with E-state index in [9.17, 15) is 9.90 Å².